The van der Waals surface area contributed by atoms with E-state index >= 15 is 0 Å². The average molecular weight is 439 g/mol. The molecule has 0 saturated carbocycles. The number of anilines is 2. The Morgan fingerprint density at radius 1 is 1.23 bits per heavy atom. The summed E-state index contributed by atoms with van der Waals surface area (Å²) in [6.45, 7) is 1.33. The van der Waals surface area contributed by atoms with Gasteiger partial charge in [0, 0.05) is 0 Å². The molecule has 3 aromatic rings. The zero-order valence-corrected chi connectivity index (χ0v) is 16.2. The van der Waals surface area contributed by atoms with Crippen molar-refractivity contribution in [3.05, 3.63) is 45.4 Å². The SMILES string of the molecule is Fc1ccc(Nc2ncnc3[se]c4c(c23)CCC2(C4)OCCO2)cc1Cl. The van der Waals surface area contributed by atoms with Crippen LogP contribution >= 0.6 is 11.6 Å². The van der Waals surface area contributed by atoms with Crippen molar-refractivity contribution in [1.29, 1.82) is 0 Å². The molecular formula is C18H15ClFN3O2Se. The molecule has 0 unspecified atom stereocenters. The number of nitrogens with one attached hydrogen (secondary N) is 1. The number of aryl methyl sites for hydroxylation is 1. The van der Waals surface area contributed by atoms with E-state index in [1.165, 1.54) is 16.1 Å². The van der Waals surface area contributed by atoms with Gasteiger partial charge >= 0.3 is 160 Å². The monoisotopic (exact) mass is 439 g/mol. The third-order valence-electron chi connectivity index (χ3n) is 4.85. The molecule has 0 radical (unpaired) electrons. The van der Waals surface area contributed by atoms with E-state index in [4.69, 9.17) is 21.1 Å². The van der Waals surface area contributed by atoms with Gasteiger partial charge in [-0.15, -0.1) is 0 Å². The zero-order valence-electron chi connectivity index (χ0n) is 13.7. The molecule has 2 aliphatic rings. The van der Waals surface area contributed by atoms with E-state index < -0.39 is 11.6 Å². The summed E-state index contributed by atoms with van der Waals surface area (Å²) >= 11 is 6.04. The van der Waals surface area contributed by atoms with Gasteiger partial charge in [-0.05, 0) is 0 Å². The molecule has 1 spiro atoms. The van der Waals surface area contributed by atoms with Crippen molar-refractivity contribution < 1.29 is 13.9 Å². The van der Waals surface area contributed by atoms with Crippen LogP contribution in [0.15, 0.2) is 24.5 Å². The van der Waals surface area contributed by atoms with Crippen molar-refractivity contribution in [2.24, 2.45) is 0 Å². The Labute approximate surface area is 160 Å². The van der Waals surface area contributed by atoms with Crippen molar-refractivity contribution in [3.8, 4) is 0 Å². The van der Waals surface area contributed by atoms with Crippen LogP contribution < -0.4 is 5.32 Å². The zero-order chi connectivity index (χ0) is 17.7. The van der Waals surface area contributed by atoms with Crippen LogP contribution in [0.3, 0.4) is 0 Å². The summed E-state index contributed by atoms with van der Waals surface area (Å²) in [5, 5.41) is 4.44. The molecule has 1 N–H and O–H groups in total. The molecular weight excluding hydrogens is 424 g/mol. The second kappa shape index (κ2) is 6.29. The molecule has 5 nitrogen and oxygen atoms in total. The van der Waals surface area contributed by atoms with Crippen LogP contribution in [0.1, 0.15) is 16.4 Å². The molecule has 0 bridgehead atoms. The topological polar surface area (TPSA) is 56.3 Å². The fourth-order valence-electron chi connectivity index (χ4n) is 3.64. The van der Waals surface area contributed by atoms with Crippen LogP contribution in [0.5, 0.6) is 0 Å². The second-order valence-corrected chi connectivity index (χ2v) is 9.13. The maximum atomic E-state index is 13.4. The van der Waals surface area contributed by atoms with Crippen LogP contribution in [-0.2, 0) is 22.3 Å². The van der Waals surface area contributed by atoms with Crippen molar-refractivity contribution >= 4 is 47.4 Å². The van der Waals surface area contributed by atoms with E-state index in [2.05, 4.69) is 15.3 Å². The fourth-order valence-corrected chi connectivity index (χ4v) is 6.50. The van der Waals surface area contributed by atoms with E-state index in [9.17, 15) is 4.39 Å². The second-order valence-electron chi connectivity index (χ2n) is 6.44. The van der Waals surface area contributed by atoms with Crippen molar-refractivity contribution in [2.45, 2.75) is 25.0 Å². The summed E-state index contributed by atoms with van der Waals surface area (Å²) in [5.74, 6) is -0.130. The molecule has 2 aromatic heterocycles. The number of ether oxygens (including phenoxy) is 2. The Kier molecular flexibility index (Phi) is 4.03. The van der Waals surface area contributed by atoms with Gasteiger partial charge in [0.25, 0.3) is 0 Å². The first-order chi connectivity index (χ1) is 12.6. The van der Waals surface area contributed by atoms with Crippen LogP contribution in [0.25, 0.3) is 9.78 Å². The predicted octanol–water partition coefficient (Wildman–Crippen LogP) is 3.45. The minimum absolute atomic E-state index is 0.0833. The summed E-state index contributed by atoms with van der Waals surface area (Å²) in [7, 11) is 0. The van der Waals surface area contributed by atoms with Gasteiger partial charge < -0.3 is 0 Å². The Balaban J connectivity index is 1.55. The number of hydrogen-bond acceptors (Lipinski definition) is 5. The molecule has 134 valence electrons. The Morgan fingerprint density at radius 3 is 2.88 bits per heavy atom. The average Bonchev–Trinajstić information content (AvgIpc) is 3.23. The number of benzene rings is 1. The van der Waals surface area contributed by atoms with E-state index in [-0.39, 0.29) is 19.5 Å². The van der Waals surface area contributed by atoms with Crippen LogP contribution in [0.4, 0.5) is 15.9 Å². The molecule has 1 saturated heterocycles. The quantitative estimate of drug-likeness (QED) is 0.621. The Bertz CT molecular complexity index is 1000. The molecule has 1 aromatic carbocycles. The summed E-state index contributed by atoms with van der Waals surface area (Å²) in [4.78, 5) is 8.93. The third kappa shape index (κ3) is 2.75. The maximum absolute atomic E-state index is 13.4. The molecule has 3 heterocycles. The first-order valence-corrected chi connectivity index (χ1v) is 10.5. The van der Waals surface area contributed by atoms with E-state index in [1.807, 2.05) is 0 Å². The van der Waals surface area contributed by atoms with Gasteiger partial charge in [0.05, 0.1) is 0 Å². The Hall–Kier alpha value is -1.50. The first-order valence-electron chi connectivity index (χ1n) is 8.39. The summed E-state index contributed by atoms with van der Waals surface area (Å²) in [6.07, 6.45) is 4.11. The number of rotatable bonds is 2. The van der Waals surface area contributed by atoms with Crippen LogP contribution in [0.2, 0.25) is 5.02 Å². The first kappa shape index (κ1) is 16.7. The van der Waals surface area contributed by atoms with Crippen LogP contribution in [0, 0.1) is 5.82 Å². The van der Waals surface area contributed by atoms with Gasteiger partial charge in [-0.1, -0.05) is 0 Å². The minimum atomic E-state index is -0.437. The molecule has 26 heavy (non-hydrogen) atoms. The number of aromatic nitrogens is 2. The number of hydrogen-bond donors (Lipinski definition) is 1. The van der Waals surface area contributed by atoms with Crippen LogP contribution in [-0.4, -0.2) is 43.5 Å². The van der Waals surface area contributed by atoms with Crippen molar-refractivity contribution in [3.63, 3.8) is 0 Å². The standard InChI is InChI=1S/C18H15ClFN3O2Se/c19-12-7-10(1-2-13(12)20)23-16-15-11-3-4-18(24-5-6-25-18)8-14(11)26-17(15)22-9-21-16/h1-2,7,9H,3-6,8H2,(H,21,22,23). The van der Waals surface area contributed by atoms with Crippen molar-refractivity contribution in [1.82, 2.24) is 9.97 Å². The number of nitrogens with zero attached hydrogens (tertiary/aromatic N) is 2. The van der Waals surface area contributed by atoms with Gasteiger partial charge in [-0.3, -0.25) is 0 Å². The van der Waals surface area contributed by atoms with Gasteiger partial charge in [-0.2, -0.15) is 0 Å². The molecule has 0 atom stereocenters. The molecule has 8 heteroatoms. The molecule has 1 aliphatic carbocycles. The van der Waals surface area contributed by atoms with E-state index in [0.717, 1.165) is 34.9 Å². The van der Waals surface area contributed by atoms with Gasteiger partial charge in [0.1, 0.15) is 0 Å². The molecule has 5 rings (SSSR count). The Morgan fingerprint density at radius 2 is 2.08 bits per heavy atom. The molecule has 1 aliphatic heterocycles. The predicted molar refractivity (Wildman–Crippen MR) is 97.8 cm³/mol. The number of fused-ring (bicyclic) bond motifs is 3. The normalized spacial score (nSPS) is 18.4. The van der Waals surface area contributed by atoms with Gasteiger partial charge in [0.15, 0.2) is 0 Å². The van der Waals surface area contributed by atoms with Gasteiger partial charge in [0.2, 0.25) is 0 Å². The van der Waals surface area contributed by atoms with Gasteiger partial charge in [-0.25, -0.2) is 0 Å². The van der Waals surface area contributed by atoms with Crippen molar-refractivity contribution in [2.75, 3.05) is 18.5 Å². The number of halogens is 2. The van der Waals surface area contributed by atoms with E-state index in [0.29, 0.717) is 18.9 Å². The van der Waals surface area contributed by atoms with E-state index in [1.54, 1.807) is 18.5 Å². The fraction of sp³-hybridized carbons (Fsp3) is 0.333. The molecule has 1 fully saturated rings. The summed E-state index contributed by atoms with van der Waals surface area (Å²) in [5.41, 5.74) is 2.01. The third-order valence-corrected chi connectivity index (χ3v) is 7.53. The molecule has 0 amide bonds. The summed E-state index contributed by atoms with van der Waals surface area (Å²) < 4.78 is 27.6. The summed E-state index contributed by atoms with van der Waals surface area (Å²) in [6, 6.07) is 4.57.